The van der Waals surface area contributed by atoms with Gasteiger partial charge in [-0.3, -0.25) is 0 Å². The van der Waals surface area contributed by atoms with Gasteiger partial charge in [-0.1, -0.05) is 18.7 Å². The van der Waals surface area contributed by atoms with Gasteiger partial charge in [0.1, 0.15) is 18.1 Å². The van der Waals surface area contributed by atoms with E-state index in [1.165, 1.54) is 6.92 Å². The van der Waals surface area contributed by atoms with Gasteiger partial charge in [0.15, 0.2) is 6.29 Å². The number of carbonyl (C=O) groups is 2. The number of aliphatic hydroxyl groups is 1. The molecule has 7 nitrogen and oxygen atoms in total. The molecule has 1 unspecified atom stereocenters. The first-order valence-corrected chi connectivity index (χ1v) is 8.02. The summed E-state index contributed by atoms with van der Waals surface area (Å²) in [4.78, 5) is 23.0. The maximum atomic E-state index is 11.8. The van der Waals surface area contributed by atoms with Gasteiger partial charge < -0.3 is 24.6 Å². The van der Waals surface area contributed by atoms with Crippen LogP contribution in [0.4, 0.5) is 4.79 Å². The van der Waals surface area contributed by atoms with Gasteiger partial charge >= 0.3 is 12.1 Å². The number of carbonyl (C=O) groups excluding carboxylic acids is 2. The first-order chi connectivity index (χ1) is 12.4. The summed E-state index contributed by atoms with van der Waals surface area (Å²) < 4.78 is 15.4. The van der Waals surface area contributed by atoms with Crippen LogP contribution >= 0.6 is 0 Å². The molecule has 0 fully saturated rings. The molecule has 0 aromatic heterocycles. The summed E-state index contributed by atoms with van der Waals surface area (Å²) in [7, 11) is 0. The van der Waals surface area contributed by atoms with E-state index in [9.17, 15) is 14.7 Å². The zero-order valence-corrected chi connectivity index (χ0v) is 14.7. The van der Waals surface area contributed by atoms with Gasteiger partial charge in [-0.05, 0) is 43.5 Å². The fourth-order valence-corrected chi connectivity index (χ4v) is 2.15. The van der Waals surface area contributed by atoms with E-state index < -0.39 is 18.4 Å². The molecule has 0 spiro atoms. The zero-order chi connectivity index (χ0) is 19.1. The Morgan fingerprint density at radius 2 is 2.04 bits per heavy atom. The highest BCUT2D eigenvalue weighted by Gasteiger charge is 2.09. The van der Waals surface area contributed by atoms with Crippen molar-refractivity contribution >= 4 is 22.8 Å². The van der Waals surface area contributed by atoms with E-state index in [-0.39, 0.29) is 13.2 Å². The van der Waals surface area contributed by atoms with Crippen LogP contribution in [0.2, 0.25) is 0 Å². The number of amides is 1. The summed E-state index contributed by atoms with van der Waals surface area (Å²) in [5, 5.41) is 13.4. The highest BCUT2D eigenvalue weighted by Crippen LogP contribution is 2.29. The smallest absolute Gasteiger partial charge is 0.412 e. The molecule has 7 heteroatoms. The third-order valence-corrected chi connectivity index (χ3v) is 3.27. The lowest BCUT2D eigenvalue weighted by molar-refractivity contribution is -0.138. The number of esters is 1. The first-order valence-electron chi connectivity index (χ1n) is 8.02. The molecule has 2 N–H and O–H groups in total. The average Bonchev–Trinajstić information content (AvgIpc) is 2.58. The molecule has 138 valence electrons. The van der Waals surface area contributed by atoms with Gasteiger partial charge in [-0.25, -0.2) is 9.59 Å². The molecule has 26 heavy (non-hydrogen) atoms. The average molecular weight is 359 g/mol. The Bertz CT molecular complexity index is 815. The molecule has 0 heterocycles. The molecule has 0 saturated carbocycles. The van der Waals surface area contributed by atoms with Crippen molar-refractivity contribution in [1.29, 1.82) is 0 Å². The van der Waals surface area contributed by atoms with Gasteiger partial charge in [-0.2, -0.15) is 0 Å². The van der Waals surface area contributed by atoms with E-state index in [2.05, 4.69) is 11.9 Å². The van der Waals surface area contributed by atoms with Gasteiger partial charge in [0.2, 0.25) is 0 Å². The van der Waals surface area contributed by atoms with Gasteiger partial charge in [-0.15, -0.1) is 0 Å². The second kappa shape index (κ2) is 8.87. The predicted molar refractivity (Wildman–Crippen MR) is 96.1 cm³/mol. The Kier molecular flexibility index (Phi) is 6.57. The molecule has 2 rings (SSSR count). The summed E-state index contributed by atoms with van der Waals surface area (Å²) in [6.07, 6.45) is -1.59. The second-order valence-electron chi connectivity index (χ2n) is 5.59. The van der Waals surface area contributed by atoms with E-state index in [0.717, 1.165) is 10.8 Å². The Balaban J connectivity index is 1.93. The lowest BCUT2D eigenvalue weighted by atomic mass is 10.1. The summed E-state index contributed by atoms with van der Waals surface area (Å²) >= 11 is 0. The number of nitrogens with one attached hydrogen (secondary N) is 1. The molecule has 2 aromatic rings. The Morgan fingerprint density at radius 3 is 2.73 bits per heavy atom. The van der Waals surface area contributed by atoms with Crippen molar-refractivity contribution in [2.75, 3.05) is 13.2 Å². The number of benzene rings is 2. The maximum absolute atomic E-state index is 11.8. The number of hydrogen-bond donors (Lipinski definition) is 2. The van der Waals surface area contributed by atoms with Gasteiger partial charge in [0.05, 0.1) is 6.54 Å². The monoisotopic (exact) mass is 359 g/mol. The summed E-state index contributed by atoms with van der Waals surface area (Å²) in [5.41, 5.74) is 0.294. The van der Waals surface area contributed by atoms with Crippen LogP contribution in [0, 0.1) is 0 Å². The maximum Gasteiger partial charge on any atom is 0.412 e. The molecule has 1 atom stereocenters. The fourth-order valence-electron chi connectivity index (χ4n) is 2.15. The third kappa shape index (κ3) is 5.49. The molecule has 2 aromatic carbocycles. The van der Waals surface area contributed by atoms with Crippen molar-refractivity contribution in [3.63, 3.8) is 0 Å². The van der Waals surface area contributed by atoms with Crippen LogP contribution in [0.1, 0.15) is 13.8 Å². The number of fused-ring (bicyclic) bond motifs is 1. The Labute approximate surface area is 151 Å². The van der Waals surface area contributed by atoms with E-state index in [1.807, 2.05) is 6.07 Å². The summed E-state index contributed by atoms with van der Waals surface area (Å²) in [6.45, 7) is 6.68. The van der Waals surface area contributed by atoms with Crippen molar-refractivity contribution < 1.29 is 28.9 Å². The predicted octanol–water partition coefficient (Wildman–Crippen LogP) is 2.76. The lowest BCUT2D eigenvalue weighted by Gasteiger charge is -2.12. The minimum absolute atomic E-state index is 0.0263. The standard InChI is InChI=1S/C19H21NO6/c1-12(2)18(22)24-10-9-20-19(23)26-15-7-8-16-14(11-15)5-4-6-17(16)25-13(3)21/h4-8,11,13,21H,1,9-10H2,2-3H3,(H,20,23). The van der Waals surface area contributed by atoms with Crippen LogP contribution in [-0.2, 0) is 9.53 Å². The zero-order valence-electron chi connectivity index (χ0n) is 14.7. The topological polar surface area (TPSA) is 94.1 Å². The van der Waals surface area contributed by atoms with Crippen molar-refractivity contribution in [2.24, 2.45) is 0 Å². The first kappa shape index (κ1) is 19.3. The quantitative estimate of drug-likeness (QED) is 0.342. The molecule has 0 aliphatic carbocycles. The molecule has 0 bridgehead atoms. The molecular weight excluding hydrogens is 338 g/mol. The van der Waals surface area contributed by atoms with E-state index in [4.69, 9.17) is 14.2 Å². The second-order valence-corrected chi connectivity index (χ2v) is 5.59. The summed E-state index contributed by atoms with van der Waals surface area (Å²) in [6, 6.07) is 10.4. The van der Waals surface area contributed by atoms with Gasteiger partial charge in [0, 0.05) is 11.0 Å². The normalized spacial score (nSPS) is 11.5. The van der Waals surface area contributed by atoms with E-state index in [0.29, 0.717) is 17.1 Å². The minimum atomic E-state index is -0.929. The van der Waals surface area contributed by atoms with Crippen molar-refractivity contribution in [1.82, 2.24) is 5.32 Å². The van der Waals surface area contributed by atoms with Crippen molar-refractivity contribution in [3.05, 3.63) is 48.6 Å². The number of hydrogen-bond acceptors (Lipinski definition) is 6. The van der Waals surface area contributed by atoms with Crippen molar-refractivity contribution in [3.8, 4) is 11.5 Å². The van der Waals surface area contributed by atoms with E-state index >= 15 is 0 Å². The lowest BCUT2D eigenvalue weighted by Crippen LogP contribution is -2.30. The Morgan fingerprint density at radius 1 is 1.27 bits per heavy atom. The highest BCUT2D eigenvalue weighted by atomic mass is 16.6. The molecule has 1 amide bonds. The van der Waals surface area contributed by atoms with Gasteiger partial charge in [0.25, 0.3) is 0 Å². The largest absolute Gasteiger partial charge is 0.465 e. The molecule has 0 aliphatic heterocycles. The van der Waals surface area contributed by atoms with Crippen molar-refractivity contribution in [2.45, 2.75) is 20.1 Å². The fraction of sp³-hybridized carbons (Fsp3) is 0.263. The van der Waals surface area contributed by atoms with Crippen LogP contribution in [0.3, 0.4) is 0 Å². The number of ether oxygens (including phenoxy) is 3. The summed E-state index contributed by atoms with van der Waals surface area (Å²) in [5.74, 6) is 0.376. The molecule has 0 saturated heterocycles. The minimum Gasteiger partial charge on any atom is -0.465 e. The number of aliphatic hydroxyl groups excluding tert-OH is 1. The van der Waals surface area contributed by atoms with Crippen LogP contribution in [-0.4, -0.2) is 36.6 Å². The van der Waals surface area contributed by atoms with Crippen LogP contribution in [0.25, 0.3) is 10.8 Å². The Hall–Kier alpha value is -3.06. The third-order valence-electron chi connectivity index (χ3n) is 3.27. The SMILES string of the molecule is C=C(C)C(=O)OCCNC(=O)Oc1ccc2c(OC(C)O)cccc2c1. The van der Waals surface area contributed by atoms with E-state index in [1.54, 1.807) is 37.3 Å². The molecule has 0 radical (unpaired) electrons. The van der Waals surface area contributed by atoms with Crippen LogP contribution in [0.5, 0.6) is 11.5 Å². The van der Waals surface area contributed by atoms with Crippen LogP contribution < -0.4 is 14.8 Å². The molecule has 0 aliphatic rings. The van der Waals surface area contributed by atoms with Crippen LogP contribution in [0.15, 0.2) is 48.6 Å². The highest BCUT2D eigenvalue weighted by molar-refractivity contribution is 5.90. The molecular formula is C19H21NO6. The number of rotatable bonds is 7.